The molecular formula is C5H9NO. The highest BCUT2D eigenvalue weighted by molar-refractivity contribution is 4.68. The molecule has 0 aromatic rings. The van der Waals surface area contributed by atoms with Gasteiger partial charge in [-0.1, -0.05) is 6.42 Å². The average Bonchev–Trinajstić information content (AvgIpc) is 1.69. The molecule has 0 atom stereocenters. The van der Waals surface area contributed by atoms with Crippen LogP contribution in [0.5, 0.6) is 0 Å². The quantitative estimate of drug-likeness (QED) is 0.391. The summed E-state index contributed by atoms with van der Waals surface area (Å²) in [6.07, 6.45) is 6.83. The smallest absolute Gasteiger partial charge is 0.112 e. The van der Waals surface area contributed by atoms with Crippen LogP contribution in [0.3, 0.4) is 0 Å². The first-order chi connectivity index (χ1) is 3.41. The van der Waals surface area contributed by atoms with Gasteiger partial charge < -0.3 is 10.1 Å². The van der Waals surface area contributed by atoms with Crippen molar-refractivity contribution in [3.63, 3.8) is 0 Å². The minimum Gasteiger partial charge on any atom is -0.445 e. The topological polar surface area (TPSA) is 21.3 Å². The molecule has 0 aromatic heterocycles. The zero-order valence-corrected chi connectivity index (χ0v) is 4.40. The summed E-state index contributed by atoms with van der Waals surface area (Å²) in [6, 6.07) is 0. The summed E-state index contributed by atoms with van der Waals surface area (Å²) in [5.41, 5.74) is 0. The van der Waals surface area contributed by atoms with Gasteiger partial charge in [0.15, 0.2) is 0 Å². The molecule has 2 nitrogen and oxygen atoms in total. The molecule has 0 unspecified atom stereocenters. The standard InChI is InChI=1S/C5H9NO/c1-3-7-5-4-6-2/h1,6H,4-5H2,2H3. The third-order valence-electron chi connectivity index (χ3n) is 0.537. The lowest BCUT2D eigenvalue weighted by Crippen LogP contribution is -2.12. The lowest BCUT2D eigenvalue weighted by atomic mass is 10.7. The van der Waals surface area contributed by atoms with Crippen LogP contribution < -0.4 is 5.32 Å². The molecule has 0 aliphatic carbocycles. The minimum absolute atomic E-state index is 0.590. The van der Waals surface area contributed by atoms with E-state index in [0.717, 1.165) is 6.54 Å². The first-order valence-corrected chi connectivity index (χ1v) is 2.14. The number of likely N-dealkylation sites (N-methyl/N-ethyl adjacent to an activating group) is 1. The molecule has 0 amide bonds. The summed E-state index contributed by atoms with van der Waals surface area (Å²) in [6.45, 7) is 1.40. The van der Waals surface area contributed by atoms with E-state index in [-0.39, 0.29) is 0 Å². The average molecular weight is 99.1 g/mol. The predicted octanol–water partition coefficient (Wildman–Crippen LogP) is -0.187. The second-order valence-electron chi connectivity index (χ2n) is 1.07. The maximum atomic E-state index is 4.77. The van der Waals surface area contributed by atoms with E-state index in [9.17, 15) is 0 Å². The fourth-order valence-electron chi connectivity index (χ4n) is 0.212. The molecule has 0 aromatic carbocycles. The van der Waals surface area contributed by atoms with Gasteiger partial charge in [0.25, 0.3) is 0 Å². The Bertz CT molecular complexity index is 65.0. The fraction of sp³-hybridized carbons (Fsp3) is 0.600. The van der Waals surface area contributed by atoms with E-state index in [1.54, 1.807) is 0 Å². The van der Waals surface area contributed by atoms with Gasteiger partial charge in [0.05, 0.1) is 0 Å². The molecule has 0 heterocycles. The van der Waals surface area contributed by atoms with Crippen LogP contribution in [0.4, 0.5) is 0 Å². The van der Waals surface area contributed by atoms with Crippen LogP contribution in [0.15, 0.2) is 0 Å². The molecule has 2 heteroatoms. The predicted molar refractivity (Wildman–Crippen MR) is 28.7 cm³/mol. The molecular weight excluding hydrogens is 90.1 g/mol. The summed E-state index contributed by atoms with van der Waals surface area (Å²) in [7, 11) is 1.85. The number of rotatable bonds is 3. The van der Waals surface area contributed by atoms with E-state index in [4.69, 9.17) is 6.42 Å². The van der Waals surface area contributed by atoms with E-state index in [0.29, 0.717) is 6.61 Å². The maximum absolute atomic E-state index is 4.77. The Morgan fingerprint density at radius 2 is 2.57 bits per heavy atom. The van der Waals surface area contributed by atoms with Crippen molar-refractivity contribution in [2.45, 2.75) is 0 Å². The monoisotopic (exact) mass is 99.1 g/mol. The second-order valence-corrected chi connectivity index (χ2v) is 1.07. The highest BCUT2D eigenvalue weighted by atomic mass is 16.5. The molecule has 0 aliphatic heterocycles. The van der Waals surface area contributed by atoms with Crippen LogP contribution in [0.25, 0.3) is 0 Å². The lowest BCUT2D eigenvalue weighted by molar-refractivity contribution is 0.280. The van der Waals surface area contributed by atoms with Gasteiger partial charge in [-0.2, -0.15) is 0 Å². The van der Waals surface area contributed by atoms with Gasteiger partial charge in [-0.3, -0.25) is 0 Å². The van der Waals surface area contributed by atoms with Crippen LogP contribution in [-0.2, 0) is 4.74 Å². The minimum atomic E-state index is 0.590. The van der Waals surface area contributed by atoms with Gasteiger partial charge in [0.1, 0.15) is 12.7 Å². The zero-order chi connectivity index (χ0) is 5.54. The van der Waals surface area contributed by atoms with Crippen LogP contribution in [0.1, 0.15) is 0 Å². The summed E-state index contributed by atoms with van der Waals surface area (Å²) < 4.78 is 4.54. The van der Waals surface area contributed by atoms with Crippen molar-refractivity contribution in [3.8, 4) is 12.5 Å². The number of nitrogens with one attached hydrogen (secondary N) is 1. The van der Waals surface area contributed by atoms with E-state index in [2.05, 4.69) is 16.2 Å². The normalized spacial score (nSPS) is 7.43. The summed E-state index contributed by atoms with van der Waals surface area (Å²) in [4.78, 5) is 0. The SMILES string of the molecule is C#COCCNC. The first-order valence-electron chi connectivity index (χ1n) is 2.14. The van der Waals surface area contributed by atoms with Crippen molar-refractivity contribution >= 4 is 0 Å². The molecule has 40 valence electrons. The molecule has 1 N–H and O–H groups in total. The Morgan fingerprint density at radius 1 is 1.86 bits per heavy atom. The van der Waals surface area contributed by atoms with Gasteiger partial charge in [0.2, 0.25) is 0 Å². The highest BCUT2D eigenvalue weighted by Crippen LogP contribution is 1.62. The Kier molecular flexibility index (Phi) is 4.80. The largest absolute Gasteiger partial charge is 0.445 e. The summed E-state index contributed by atoms with van der Waals surface area (Å²) in [5, 5.41) is 2.88. The lowest BCUT2D eigenvalue weighted by Gasteiger charge is -1.92. The Hall–Kier alpha value is -0.680. The first kappa shape index (κ1) is 6.32. The van der Waals surface area contributed by atoms with Gasteiger partial charge in [-0.25, -0.2) is 0 Å². The Balaban J connectivity index is 2.60. The molecule has 0 radical (unpaired) electrons. The molecule has 0 spiro atoms. The number of hydrogen-bond acceptors (Lipinski definition) is 2. The third kappa shape index (κ3) is 5.32. The molecule has 0 saturated heterocycles. The Morgan fingerprint density at radius 3 is 3.00 bits per heavy atom. The second kappa shape index (κ2) is 5.32. The van der Waals surface area contributed by atoms with Gasteiger partial charge in [-0.05, 0) is 7.05 Å². The van der Waals surface area contributed by atoms with Crippen molar-refractivity contribution in [1.82, 2.24) is 5.32 Å². The van der Waals surface area contributed by atoms with Crippen LogP contribution in [0.2, 0.25) is 0 Å². The van der Waals surface area contributed by atoms with Gasteiger partial charge in [-0.15, -0.1) is 0 Å². The van der Waals surface area contributed by atoms with E-state index < -0.39 is 0 Å². The third-order valence-corrected chi connectivity index (χ3v) is 0.537. The van der Waals surface area contributed by atoms with Crippen LogP contribution >= 0.6 is 0 Å². The van der Waals surface area contributed by atoms with Crippen molar-refractivity contribution in [2.24, 2.45) is 0 Å². The van der Waals surface area contributed by atoms with E-state index in [1.807, 2.05) is 7.05 Å². The van der Waals surface area contributed by atoms with Crippen LogP contribution in [-0.4, -0.2) is 20.2 Å². The van der Waals surface area contributed by atoms with E-state index >= 15 is 0 Å². The molecule has 0 saturated carbocycles. The summed E-state index contributed by atoms with van der Waals surface area (Å²) in [5.74, 6) is 0. The highest BCUT2D eigenvalue weighted by Gasteiger charge is 1.74. The molecule has 0 fully saturated rings. The molecule has 0 aliphatic rings. The number of ether oxygens (including phenoxy) is 1. The van der Waals surface area contributed by atoms with Crippen LogP contribution in [0, 0.1) is 12.5 Å². The molecule has 0 rings (SSSR count). The zero-order valence-electron chi connectivity index (χ0n) is 4.40. The van der Waals surface area contributed by atoms with Gasteiger partial charge >= 0.3 is 0 Å². The molecule has 0 bridgehead atoms. The summed E-state index contributed by atoms with van der Waals surface area (Å²) >= 11 is 0. The number of terminal acetylenes is 1. The maximum Gasteiger partial charge on any atom is 0.112 e. The van der Waals surface area contributed by atoms with Gasteiger partial charge in [0, 0.05) is 6.54 Å². The Labute approximate surface area is 43.9 Å². The fourth-order valence-corrected chi connectivity index (χ4v) is 0.212. The molecule has 7 heavy (non-hydrogen) atoms. The van der Waals surface area contributed by atoms with Crippen molar-refractivity contribution in [1.29, 1.82) is 0 Å². The van der Waals surface area contributed by atoms with E-state index in [1.165, 1.54) is 0 Å². The van der Waals surface area contributed by atoms with Crippen molar-refractivity contribution in [3.05, 3.63) is 0 Å². The number of hydrogen-bond donors (Lipinski definition) is 1. The van der Waals surface area contributed by atoms with Crippen molar-refractivity contribution < 1.29 is 4.74 Å². The van der Waals surface area contributed by atoms with Crippen molar-refractivity contribution in [2.75, 3.05) is 20.2 Å².